The third-order valence-electron chi connectivity index (χ3n) is 11.8. The van der Waals surface area contributed by atoms with Gasteiger partial charge in [-0.3, -0.25) is 33.8 Å². The average molecular weight is 692 g/mol. The molecule has 1 unspecified atom stereocenters. The van der Waals surface area contributed by atoms with Crippen LogP contribution in [-0.2, 0) is 24.0 Å². The fourth-order valence-corrected chi connectivity index (χ4v) is 8.70. The van der Waals surface area contributed by atoms with Crippen LogP contribution in [0.4, 0.5) is 0 Å². The molecule has 272 valence electrons. The number of nitrogens with zero attached hydrogens (tertiary/aromatic N) is 3. The summed E-state index contributed by atoms with van der Waals surface area (Å²) in [5.41, 5.74) is -1.90. The number of carbonyl (C=O) groups is 6. The van der Waals surface area contributed by atoms with Gasteiger partial charge in [0.2, 0.25) is 23.5 Å². The third kappa shape index (κ3) is 7.42. The maximum absolute atomic E-state index is 14.7. The van der Waals surface area contributed by atoms with Gasteiger partial charge < -0.3 is 26.2 Å². The number of rotatable bonds is 12. The predicted molar refractivity (Wildman–Crippen MR) is 183 cm³/mol. The van der Waals surface area contributed by atoms with E-state index in [9.17, 15) is 28.8 Å². The number of hydrogen-bond donors (Lipinski definition) is 4. The number of likely N-dealkylation sites (tertiary alicyclic amines) is 1. The van der Waals surface area contributed by atoms with Crippen molar-refractivity contribution in [3.05, 3.63) is 24.3 Å². The van der Waals surface area contributed by atoms with Gasteiger partial charge in [-0.15, -0.1) is 0 Å². The van der Waals surface area contributed by atoms with Crippen LogP contribution in [0.1, 0.15) is 115 Å². The Morgan fingerprint density at radius 3 is 2.30 bits per heavy atom. The summed E-state index contributed by atoms with van der Waals surface area (Å²) in [7, 11) is 0. The molecule has 4 aliphatic carbocycles. The number of ketones is 1. The van der Waals surface area contributed by atoms with E-state index in [1.807, 2.05) is 27.7 Å². The highest BCUT2D eigenvalue weighted by Gasteiger charge is 2.63. The molecule has 13 nitrogen and oxygen atoms in total. The van der Waals surface area contributed by atoms with E-state index in [-0.39, 0.29) is 41.3 Å². The molecule has 1 aromatic rings. The number of aromatic nitrogens is 2. The van der Waals surface area contributed by atoms with Crippen molar-refractivity contribution in [2.24, 2.45) is 29.1 Å². The summed E-state index contributed by atoms with van der Waals surface area (Å²) in [5, 5.41) is 11.7. The van der Waals surface area contributed by atoms with E-state index in [0.29, 0.717) is 19.4 Å². The zero-order valence-electron chi connectivity index (χ0n) is 29.8. The van der Waals surface area contributed by atoms with Crippen LogP contribution in [0.25, 0.3) is 0 Å². The maximum Gasteiger partial charge on any atom is 0.290 e. The molecular formula is C37H53N7O6. The van der Waals surface area contributed by atoms with Gasteiger partial charge in [0.05, 0.1) is 6.20 Å². The van der Waals surface area contributed by atoms with E-state index >= 15 is 0 Å². The summed E-state index contributed by atoms with van der Waals surface area (Å²) in [5.74, 6) is -3.21. The van der Waals surface area contributed by atoms with Crippen molar-refractivity contribution in [1.29, 1.82) is 0 Å². The molecule has 2 heterocycles. The number of amides is 5. The normalized spacial score (nSPS) is 28.9. The van der Waals surface area contributed by atoms with Crippen molar-refractivity contribution in [3.8, 4) is 0 Å². The summed E-state index contributed by atoms with van der Waals surface area (Å²) < 4.78 is 0. The molecule has 1 aliphatic heterocycles. The lowest BCUT2D eigenvalue weighted by atomic mass is 9.82. The number of hydrogen-bond acceptors (Lipinski definition) is 8. The molecule has 50 heavy (non-hydrogen) atoms. The summed E-state index contributed by atoms with van der Waals surface area (Å²) >= 11 is 0. The highest BCUT2D eigenvalue weighted by Crippen LogP contribution is 2.48. The first-order valence-electron chi connectivity index (χ1n) is 18.7. The first kappa shape index (κ1) is 35.9. The van der Waals surface area contributed by atoms with Gasteiger partial charge in [0.15, 0.2) is 0 Å². The van der Waals surface area contributed by atoms with E-state index in [4.69, 9.17) is 0 Å². The van der Waals surface area contributed by atoms with Gasteiger partial charge >= 0.3 is 0 Å². The number of Topliss-reactive ketones (excluding diaryl/α,β-unsaturated/α-hetero) is 1. The standard InChI is InChI=1S/C37H53N7O6/c1-5-23-18-37(23,30(45)34(49)40-24-14-15-24)43-33(48)28-25-13-9-12-22(25)20-44(28)35(50)29(36(2,3)4)42-32(47)27(21-10-7-6-8-11-21)41-31(46)26-19-38-16-17-39-26/h16-17,19,21-25,27-29H,5-15,18,20H2,1-4H3,(H,40,49)(H,41,46)(H,42,47)(H,43,48)/t22-,23+,25-,27-,28-,29+,37?/m0/s1. The Hall–Kier alpha value is -3.90. The second-order valence-corrected chi connectivity index (χ2v) is 16.4. The SMILES string of the molecule is CC[C@@H]1CC1(NC(=O)[C@@H]1[C@H]2CCC[C@H]2CN1C(=O)[C@@H](NC(=O)[C@@H](NC(=O)c1cnccn1)C1CCCCC1)C(C)(C)C)C(=O)C(=O)NC1CC1. The smallest absolute Gasteiger partial charge is 0.290 e. The molecule has 1 aromatic heterocycles. The minimum absolute atomic E-state index is 0.0165. The van der Waals surface area contributed by atoms with Gasteiger partial charge in [0.25, 0.3) is 11.8 Å². The van der Waals surface area contributed by atoms with Crippen molar-refractivity contribution in [2.45, 2.75) is 134 Å². The highest BCUT2D eigenvalue weighted by atomic mass is 16.2. The predicted octanol–water partition coefficient (Wildman–Crippen LogP) is 2.45. The van der Waals surface area contributed by atoms with E-state index < -0.39 is 58.5 Å². The van der Waals surface area contributed by atoms with E-state index in [0.717, 1.165) is 64.2 Å². The Morgan fingerprint density at radius 1 is 0.940 bits per heavy atom. The van der Waals surface area contributed by atoms with Gasteiger partial charge in [0, 0.05) is 25.0 Å². The molecule has 5 fully saturated rings. The van der Waals surface area contributed by atoms with Gasteiger partial charge in [-0.2, -0.15) is 0 Å². The number of fused-ring (bicyclic) bond motifs is 1. The fraction of sp³-hybridized carbons (Fsp3) is 0.730. The minimum Gasteiger partial charge on any atom is -0.347 e. The van der Waals surface area contributed by atoms with Crippen LogP contribution in [-0.4, -0.2) is 86.4 Å². The topological polar surface area (TPSA) is 180 Å². The summed E-state index contributed by atoms with van der Waals surface area (Å²) in [6.45, 7) is 7.93. The minimum atomic E-state index is -1.26. The zero-order valence-corrected chi connectivity index (χ0v) is 29.8. The van der Waals surface area contributed by atoms with Crippen molar-refractivity contribution in [3.63, 3.8) is 0 Å². The van der Waals surface area contributed by atoms with Gasteiger partial charge in [-0.1, -0.05) is 59.8 Å². The monoisotopic (exact) mass is 691 g/mol. The molecule has 0 bridgehead atoms. The second kappa shape index (κ2) is 14.4. The molecule has 4 N–H and O–H groups in total. The molecule has 0 radical (unpaired) electrons. The molecule has 5 amide bonds. The first-order valence-corrected chi connectivity index (χ1v) is 18.7. The van der Waals surface area contributed by atoms with Crippen LogP contribution < -0.4 is 21.3 Å². The van der Waals surface area contributed by atoms with E-state index in [1.54, 1.807) is 4.90 Å². The lowest BCUT2D eigenvalue weighted by Crippen LogP contribution is -2.62. The van der Waals surface area contributed by atoms with Crippen LogP contribution in [0.15, 0.2) is 18.6 Å². The van der Waals surface area contributed by atoms with Crippen molar-refractivity contribution in [1.82, 2.24) is 36.1 Å². The molecule has 13 heteroatoms. The Balaban J connectivity index is 1.22. The van der Waals surface area contributed by atoms with Crippen molar-refractivity contribution in [2.75, 3.05) is 6.54 Å². The lowest BCUT2D eigenvalue weighted by molar-refractivity contribution is -0.146. The van der Waals surface area contributed by atoms with Crippen LogP contribution in [0.3, 0.4) is 0 Å². The fourth-order valence-electron chi connectivity index (χ4n) is 8.70. The first-order chi connectivity index (χ1) is 23.8. The van der Waals surface area contributed by atoms with Crippen LogP contribution in [0.5, 0.6) is 0 Å². The average Bonchev–Trinajstić information content (AvgIpc) is 3.96. The summed E-state index contributed by atoms with van der Waals surface area (Å²) in [6.07, 6.45) is 14.0. The Labute approximate surface area is 294 Å². The second-order valence-electron chi connectivity index (χ2n) is 16.4. The Kier molecular flexibility index (Phi) is 10.3. The lowest BCUT2D eigenvalue weighted by Gasteiger charge is -2.38. The molecule has 5 aliphatic rings. The number of nitrogens with one attached hydrogen (secondary N) is 4. The van der Waals surface area contributed by atoms with E-state index in [1.165, 1.54) is 18.6 Å². The molecule has 1 saturated heterocycles. The quantitative estimate of drug-likeness (QED) is 0.241. The molecular weight excluding hydrogens is 638 g/mol. The van der Waals surface area contributed by atoms with Gasteiger partial charge in [-0.25, -0.2) is 4.98 Å². The summed E-state index contributed by atoms with van der Waals surface area (Å²) in [6, 6.07) is -2.68. The molecule has 0 spiro atoms. The third-order valence-corrected chi connectivity index (χ3v) is 11.8. The van der Waals surface area contributed by atoms with Crippen molar-refractivity contribution >= 4 is 35.3 Å². The van der Waals surface area contributed by atoms with Gasteiger partial charge in [-0.05, 0) is 74.0 Å². The van der Waals surface area contributed by atoms with Crippen molar-refractivity contribution < 1.29 is 28.8 Å². The number of carbonyl (C=O) groups excluding carboxylic acids is 6. The Morgan fingerprint density at radius 2 is 1.68 bits per heavy atom. The van der Waals surface area contributed by atoms with Crippen LogP contribution >= 0.6 is 0 Å². The van der Waals surface area contributed by atoms with Crippen LogP contribution in [0.2, 0.25) is 0 Å². The molecule has 0 aromatic carbocycles. The van der Waals surface area contributed by atoms with Crippen LogP contribution in [0, 0.1) is 29.1 Å². The maximum atomic E-state index is 14.7. The molecule has 6 rings (SSSR count). The van der Waals surface area contributed by atoms with Gasteiger partial charge in [0.1, 0.15) is 29.4 Å². The molecule has 4 saturated carbocycles. The summed E-state index contributed by atoms with van der Waals surface area (Å²) in [4.78, 5) is 92.4. The largest absolute Gasteiger partial charge is 0.347 e. The van der Waals surface area contributed by atoms with E-state index in [2.05, 4.69) is 31.2 Å². The zero-order chi connectivity index (χ0) is 35.8. The highest BCUT2D eigenvalue weighted by molar-refractivity contribution is 6.41. The molecule has 7 atom stereocenters. The Bertz CT molecular complexity index is 1490.